The van der Waals surface area contributed by atoms with Crippen molar-refractivity contribution in [1.29, 1.82) is 0 Å². The van der Waals surface area contributed by atoms with Crippen LogP contribution in [-0.4, -0.2) is 35.9 Å². The molecule has 0 atom stereocenters. The van der Waals surface area contributed by atoms with E-state index in [-0.39, 0.29) is 0 Å². The number of hydrogen-bond donors (Lipinski definition) is 2. The number of carboxylic acids is 1. The second kappa shape index (κ2) is 3.87. The van der Waals surface area contributed by atoms with E-state index in [2.05, 4.69) is 5.32 Å². The van der Waals surface area contributed by atoms with Gasteiger partial charge in [0.15, 0.2) is 0 Å². The zero-order chi connectivity index (χ0) is 10.0. The van der Waals surface area contributed by atoms with Crippen molar-refractivity contribution in [1.82, 2.24) is 5.32 Å². The Morgan fingerprint density at radius 3 is 2.43 bits per heavy atom. The Labute approximate surface area is 83.6 Å². The van der Waals surface area contributed by atoms with Crippen LogP contribution in [0.25, 0.3) is 0 Å². The van der Waals surface area contributed by atoms with Crippen molar-refractivity contribution in [2.75, 3.05) is 13.2 Å². The normalized spacial score (nSPS) is 26.9. The molecule has 14 heavy (non-hydrogen) atoms. The van der Waals surface area contributed by atoms with Crippen LogP contribution in [0.3, 0.4) is 0 Å². The Hall–Kier alpha value is -0.610. The van der Waals surface area contributed by atoms with E-state index in [0.29, 0.717) is 6.04 Å². The SMILES string of the molecule is O=C(O)C1(NC2CCOCC2)CCC1. The Balaban J connectivity index is 1.90. The highest BCUT2D eigenvalue weighted by Gasteiger charge is 2.45. The number of aliphatic carboxylic acids is 1. The van der Waals surface area contributed by atoms with Crippen LogP contribution in [0.15, 0.2) is 0 Å². The van der Waals surface area contributed by atoms with Crippen LogP contribution in [0.1, 0.15) is 32.1 Å². The van der Waals surface area contributed by atoms with Gasteiger partial charge in [-0.25, -0.2) is 0 Å². The average Bonchev–Trinajstić information content (AvgIpc) is 2.12. The third-order valence-corrected chi connectivity index (χ3v) is 3.32. The Bertz CT molecular complexity index is 219. The highest BCUT2D eigenvalue weighted by atomic mass is 16.5. The molecule has 2 N–H and O–H groups in total. The van der Waals surface area contributed by atoms with Crippen LogP contribution < -0.4 is 5.32 Å². The summed E-state index contributed by atoms with van der Waals surface area (Å²) in [5, 5.41) is 12.4. The fourth-order valence-corrected chi connectivity index (χ4v) is 2.18. The highest BCUT2D eigenvalue weighted by molar-refractivity contribution is 5.80. The monoisotopic (exact) mass is 199 g/mol. The molecule has 0 spiro atoms. The van der Waals surface area contributed by atoms with Crippen LogP contribution >= 0.6 is 0 Å². The molecule has 1 heterocycles. The molecule has 0 aromatic heterocycles. The van der Waals surface area contributed by atoms with Crippen molar-refractivity contribution in [3.63, 3.8) is 0 Å². The molecule has 1 saturated carbocycles. The first kappa shape index (κ1) is 9.93. The van der Waals surface area contributed by atoms with Gasteiger partial charge in [-0.15, -0.1) is 0 Å². The van der Waals surface area contributed by atoms with Crippen LogP contribution in [-0.2, 0) is 9.53 Å². The van der Waals surface area contributed by atoms with Crippen LogP contribution in [0.2, 0.25) is 0 Å². The lowest BCUT2D eigenvalue weighted by atomic mass is 9.76. The van der Waals surface area contributed by atoms with Gasteiger partial charge in [-0.1, -0.05) is 0 Å². The summed E-state index contributed by atoms with van der Waals surface area (Å²) >= 11 is 0. The van der Waals surface area contributed by atoms with E-state index in [0.717, 1.165) is 45.3 Å². The molecule has 2 aliphatic rings. The van der Waals surface area contributed by atoms with Gasteiger partial charge < -0.3 is 9.84 Å². The molecule has 1 saturated heterocycles. The zero-order valence-electron chi connectivity index (χ0n) is 8.29. The first-order valence-corrected chi connectivity index (χ1v) is 5.32. The molecule has 4 heteroatoms. The van der Waals surface area contributed by atoms with E-state index >= 15 is 0 Å². The molecule has 2 rings (SSSR count). The summed E-state index contributed by atoms with van der Waals surface area (Å²) in [6, 6.07) is 0.333. The second-order valence-electron chi connectivity index (χ2n) is 4.27. The van der Waals surface area contributed by atoms with E-state index in [1.54, 1.807) is 0 Å². The van der Waals surface area contributed by atoms with Gasteiger partial charge in [0.25, 0.3) is 0 Å². The Morgan fingerprint density at radius 2 is 2.00 bits per heavy atom. The van der Waals surface area contributed by atoms with Crippen molar-refractivity contribution in [3.05, 3.63) is 0 Å². The Morgan fingerprint density at radius 1 is 1.36 bits per heavy atom. The number of ether oxygens (including phenoxy) is 1. The van der Waals surface area contributed by atoms with Crippen molar-refractivity contribution in [2.24, 2.45) is 0 Å². The fourth-order valence-electron chi connectivity index (χ4n) is 2.18. The largest absolute Gasteiger partial charge is 0.480 e. The standard InChI is InChI=1S/C10H17NO3/c12-9(13)10(4-1-5-10)11-8-2-6-14-7-3-8/h8,11H,1-7H2,(H,12,13). The maximum atomic E-state index is 11.1. The van der Waals surface area contributed by atoms with Crippen molar-refractivity contribution >= 4 is 5.97 Å². The minimum atomic E-state index is -0.685. The first-order chi connectivity index (χ1) is 6.73. The molecule has 1 aliphatic carbocycles. The lowest BCUT2D eigenvalue weighted by Gasteiger charge is -2.42. The van der Waals surface area contributed by atoms with Gasteiger partial charge in [-0.3, -0.25) is 10.1 Å². The van der Waals surface area contributed by atoms with Crippen LogP contribution in [0.5, 0.6) is 0 Å². The molecule has 80 valence electrons. The fraction of sp³-hybridized carbons (Fsp3) is 0.900. The van der Waals surface area contributed by atoms with Crippen LogP contribution in [0.4, 0.5) is 0 Å². The second-order valence-corrected chi connectivity index (χ2v) is 4.27. The smallest absolute Gasteiger partial charge is 0.323 e. The number of carboxylic acid groups (broad SMARTS) is 1. The van der Waals surface area contributed by atoms with Crippen molar-refractivity contribution < 1.29 is 14.6 Å². The molecular weight excluding hydrogens is 182 g/mol. The summed E-state index contributed by atoms with van der Waals surface area (Å²) < 4.78 is 5.24. The van der Waals surface area contributed by atoms with Crippen molar-refractivity contribution in [2.45, 2.75) is 43.7 Å². The third-order valence-electron chi connectivity index (χ3n) is 3.32. The summed E-state index contributed by atoms with van der Waals surface area (Å²) in [5.74, 6) is -0.685. The minimum absolute atomic E-state index is 0.333. The zero-order valence-corrected chi connectivity index (χ0v) is 8.29. The first-order valence-electron chi connectivity index (χ1n) is 5.32. The molecule has 0 radical (unpaired) electrons. The van der Waals surface area contributed by atoms with Gasteiger partial charge >= 0.3 is 5.97 Å². The molecule has 0 aromatic rings. The molecule has 0 bridgehead atoms. The topological polar surface area (TPSA) is 58.6 Å². The van der Waals surface area contributed by atoms with Gasteiger partial charge in [-0.2, -0.15) is 0 Å². The third kappa shape index (κ3) is 1.77. The quantitative estimate of drug-likeness (QED) is 0.704. The van der Waals surface area contributed by atoms with E-state index in [9.17, 15) is 4.79 Å². The van der Waals surface area contributed by atoms with E-state index in [1.807, 2.05) is 0 Å². The van der Waals surface area contributed by atoms with Gasteiger partial charge in [-0.05, 0) is 32.1 Å². The van der Waals surface area contributed by atoms with E-state index in [4.69, 9.17) is 9.84 Å². The molecule has 1 aliphatic heterocycles. The summed E-state index contributed by atoms with van der Waals surface area (Å²) in [7, 11) is 0. The Kier molecular flexibility index (Phi) is 2.74. The van der Waals surface area contributed by atoms with Gasteiger partial charge in [0.2, 0.25) is 0 Å². The predicted octanol–water partition coefficient (Wildman–Crippen LogP) is 0.762. The molecule has 0 aromatic carbocycles. The number of hydrogen-bond acceptors (Lipinski definition) is 3. The number of carbonyl (C=O) groups is 1. The number of nitrogens with one attached hydrogen (secondary N) is 1. The van der Waals surface area contributed by atoms with E-state index < -0.39 is 11.5 Å². The van der Waals surface area contributed by atoms with Gasteiger partial charge in [0.05, 0.1) is 0 Å². The minimum Gasteiger partial charge on any atom is -0.480 e. The molecular formula is C10H17NO3. The average molecular weight is 199 g/mol. The number of rotatable bonds is 3. The highest BCUT2D eigenvalue weighted by Crippen LogP contribution is 2.33. The maximum absolute atomic E-state index is 11.1. The summed E-state index contributed by atoms with van der Waals surface area (Å²) in [5.41, 5.74) is -0.609. The predicted molar refractivity (Wildman–Crippen MR) is 51.2 cm³/mol. The lowest BCUT2D eigenvalue weighted by Crippen LogP contribution is -2.61. The van der Waals surface area contributed by atoms with Crippen molar-refractivity contribution in [3.8, 4) is 0 Å². The van der Waals surface area contributed by atoms with Gasteiger partial charge in [0, 0.05) is 19.3 Å². The van der Waals surface area contributed by atoms with E-state index in [1.165, 1.54) is 0 Å². The molecule has 0 unspecified atom stereocenters. The lowest BCUT2D eigenvalue weighted by molar-refractivity contribution is -0.149. The molecule has 2 fully saturated rings. The maximum Gasteiger partial charge on any atom is 0.323 e. The summed E-state index contributed by atoms with van der Waals surface area (Å²) in [6.45, 7) is 1.51. The molecule has 0 amide bonds. The van der Waals surface area contributed by atoms with Gasteiger partial charge in [0.1, 0.15) is 5.54 Å². The molecule has 4 nitrogen and oxygen atoms in total. The summed E-state index contributed by atoms with van der Waals surface area (Å²) in [4.78, 5) is 11.1. The van der Waals surface area contributed by atoms with Crippen LogP contribution in [0, 0.1) is 0 Å². The summed E-state index contributed by atoms with van der Waals surface area (Å²) in [6.07, 6.45) is 4.46.